The van der Waals surface area contributed by atoms with Crippen LogP contribution in [0.15, 0.2) is 120 Å². The Morgan fingerprint density at radius 3 is 2.10 bits per heavy atom. The first-order valence-corrected chi connectivity index (χ1v) is 13.5. The molecule has 1 saturated heterocycles. The highest BCUT2D eigenvalue weighted by Crippen LogP contribution is 2.48. The molecule has 0 aliphatic carbocycles. The topological polar surface area (TPSA) is 82.7 Å². The minimum Gasteiger partial charge on any atom is -0.497 e. The lowest BCUT2D eigenvalue weighted by molar-refractivity contribution is -0.531. The molecular weight excluding hydrogens is 572 g/mol. The lowest BCUT2D eigenvalue weighted by Gasteiger charge is -2.24. The molecule has 0 radical (unpaired) electrons. The van der Waals surface area contributed by atoms with Gasteiger partial charge in [-0.1, -0.05) is 76.6 Å². The van der Waals surface area contributed by atoms with E-state index in [1.807, 2.05) is 103 Å². The highest BCUT2D eigenvalue weighted by Gasteiger charge is 2.54. The lowest BCUT2D eigenvalue weighted by atomic mass is 9.91. The van der Waals surface area contributed by atoms with Crippen molar-refractivity contribution in [2.45, 2.75) is 18.2 Å². The normalized spacial score (nSPS) is 18.6. The first-order chi connectivity index (χ1) is 19.5. The lowest BCUT2D eigenvalue weighted by Crippen LogP contribution is -2.32. The Morgan fingerprint density at radius 2 is 1.50 bits per heavy atom. The smallest absolute Gasteiger partial charge is 0.272 e. The molecule has 8 nitrogen and oxygen atoms in total. The molecular formula is C31H25BrN4O4. The number of para-hydroxylation sites is 2. The van der Waals surface area contributed by atoms with Gasteiger partial charge in [-0.15, -0.1) is 0 Å². The average Bonchev–Trinajstić information content (AvgIpc) is 3.61. The number of halogens is 1. The number of hydrogen-bond donors (Lipinski definition) is 0. The summed E-state index contributed by atoms with van der Waals surface area (Å²) in [5.41, 5.74) is 4.43. The number of ether oxygens (including phenoxy) is 1. The fourth-order valence-electron chi connectivity index (χ4n) is 5.09. The fourth-order valence-corrected chi connectivity index (χ4v) is 5.35. The molecule has 1 fully saturated rings. The third-order valence-electron chi connectivity index (χ3n) is 7.01. The summed E-state index contributed by atoms with van der Waals surface area (Å²) >= 11 is 3.51. The Balaban J connectivity index is 1.55. The van der Waals surface area contributed by atoms with Gasteiger partial charge < -0.3 is 4.74 Å². The molecule has 5 aromatic rings. The Hall–Kier alpha value is -4.47. The molecule has 0 unspecified atom stereocenters. The molecule has 200 valence electrons. The first kappa shape index (κ1) is 25.8. The minimum absolute atomic E-state index is 0.242. The van der Waals surface area contributed by atoms with Gasteiger partial charge in [0.15, 0.2) is 12.1 Å². The molecule has 40 heavy (non-hydrogen) atoms. The number of hydroxylamine groups is 1. The zero-order valence-electron chi connectivity index (χ0n) is 21.5. The monoisotopic (exact) mass is 596 g/mol. The number of benzene rings is 4. The maximum atomic E-state index is 12.9. The number of methoxy groups -OCH3 is 1. The van der Waals surface area contributed by atoms with Gasteiger partial charge >= 0.3 is 0 Å². The van der Waals surface area contributed by atoms with E-state index < -0.39 is 18.2 Å². The Labute approximate surface area is 239 Å². The minimum atomic E-state index is -1.13. The predicted octanol–water partition coefficient (Wildman–Crippen LogP) is 7.19. The molecule has 1 aliphatic rings. The molecule has 0 amide bonds. The number of anilines is 1. The summed E-state index contributed by atoms with van der Waals surface area (Å²) in [7, 11) is 1.59. The Kier molecular flexibility index (Phi) is 7.06. The van der Waals surface area contributed by atoms with Gasteiger partial charge in [0.25, 0.3) is 6.04 Å². The molecule has 1 aromatic heterocycles. The van der Waals surface area contributed by atoms with Gasteiger partial charge in [0.2, 0.25) is 0 Å². The molecule has 0 N–H and O–H groups in total. The van der Waals surface area contributed by atoms with Crippen LogP contribution in [0.25, 0.3) is 16.9 Å². The van der Waals surface area contributed by atoms with Crippen LogP contribution in [0.1, 0.15) is 23.3 Å². The molecule has 2 heterocycles. The SMILES string of the molecule is COc1ccc([C@H]2ON(c3ccccc3)[C@@H](c3cn(-c4ccccc4)nc3-c3ccc(Br)cc3)[C@@H]2[N+](=O)[O-])cc1. The van der Waals surface area contributed by atoms with E-state index >= 15 is 0 Å². The summed E-state index contributed by atoms with van der Waals surface area (Å²) in [4.78, 5) is 19.1. The second-order valence-electron chi connectivity index (χ2n) is 9.40. The van der Waals surface area contributed by atoms with Crippen LogP contribution in [0.2, 0.25) is 0 Å². The van der Waals surface area contributed by atoms with Crippen LogP contribution in [-0.2, 0) is 4.84 Å². The van der Waals surface area contributed by atoms with E-state index in [2.05, 4.69) is 15.9 Å². The number of hydrogen-bond acceptors (Lipinski definition) is 6. The van der Waals surface area contributed by atoms with Gasteiger partial charge in [-0.25, -0.2) is 9.75 Å². The van der Waals surface area contributed by atoms with Gasteiger partial charge in [-0.3, -0.25) is 15.0 Å². The van der Waals surface area contributed by atoms with E-state index in [-0.39, 0.29) is 4.92 Å². The van der Waals surface area contributed by atoms with E-state index in [0.717, 1.165) is 15.7 Å². The van der Waals surface area contributed by atoms with E-state index in [0.29, 0.717) is 28.3 Å². The Bertz CT molecular complexity index is 1610. The number of aromatic nitrogens is 2. The number of nitro groups is 1. The van der Waals surface area contributed by atoms with Crippen molar-refractivity contribution in [1.29, 1.82) is 0 Å². The highest BCUT2D eigenvalue weighted by atomic mass is 79.9. The van der Waals surface area contributed by atoms with Crippen molar-refractivity contribution < 1.29 is 14.5 Å². The van der Waals surface area contributed by atoms with Crippen molar-refractivity contribution in [3.8, 4) is 22.7 Å². The van der Waals surface area contributed by atoms with E-state index in [1.54, 1.807) is 29.0 Å². The molecule has 0 saturated carbocycles. The van der Waals surface area contributed by atoms with Crippen molar-refractivity contribution in [1.82, 2.24) is 9.78 Å². The van der Waals surface area contributed by atoms with Gasteiger partial charge in [-0.05, 0) is 54.1 Å². The maximum Gasteiger partial charge on any atom is 0.272 e. The van der Waals surface area contributed by atoms with Gasteiger partial charge in [-0.2, -0.15) is 5.10 Å². The zero-order chi connectivity index (χ0) is 27.6. The van der Waals surface area contributed by atoms with Gasteiger partial charge in [0.1, 0.15) is 5.75 Å². The predicted molar refractivity (Wildman–Crippen MR) is 156 cm³/mol. The highest BCUT2D eigenvalue weighted by molar-refractivity contribution is 9.10. The standard InChI is InChI=1S/C31H25BrN4O4/c1-39-26-18-14-22(15-19-26)31-30(36(37)38)29(35(40-31)25-10-6-3-7-11-25)27-20-34(24-8-4-2-5-9-24)33-28(27)21-12-16-23(32)17-13-21/h2-20,29-31H,1H3/t29-,30-,31+/m0/s1. The second kappa shape index (κ2) is 11.0. The van der Waals surface area contributed by atoms with Crippen LogP contribution in [0, 0.1) is 10.1 Å². The van der Waals surface area contributed by atoms with Gasteiger partial charge in [0, 0.05) is 26.7 Å². The van der Waals surface area contributed by atoms with Crippen molar-refractivity contribution in [3.05, 3.63) is 141 Å². The number of rotatable bonds is 7. The number of nitrogens with zero attached hydrogens (tertiary/aromatic N) is 4. The summed E-state index contributed by atoms with van der Waals surface area (Å²) < 4.78 is 8.01. The van der Waals surface area contributed by atoms with Crippen LogP contribution in [-0.4, -0.2) is 27.9 Å². The molecule has 3 atom stereocenters. The second-order valence-corrected chi connectivity index (χ2v) is 10.3. The van der Waals surface area contributed by atoms with E-state index in [4.69, 9.17) is 14.7 Å². The average molecular weight is 597 g/mol. The van der Waals surface area contributed by atoms with Crippen LogP contribution < -0.4 is 9.80 Å². The van der Waals surface area contributed by atoms with Crippen LogP contribution in [0.3, 0.4) is 0 Å². The quantitative estimate of drug-likeness (QED) is 0.146. The molecule has 6 rings (SSSR count). The summed E-state index contributed by atoms with van der Waals surface area (Å²) in [5, 5.41) is 19.5. The molecule has 9 heteroatoms. The van der Waals surface area contributed by atoms with E-state index in [1.165, 1.54) is 0 Å². The zero-order valence-corrected chi connectivity index (χ0v) is 23.1. The van der Waals surface area contributed by atoms with Crippen molar-refractivity contribution in [2.24, 2.45) is 0 Å². The third-order valence-corrected chi connectivity index (χ3v) is 7.54. The van der Waals surface area contributed by atoms with Crippen molar-refractivity contribution in [2.75, 3.05) is 12.2 Å². The molecule has 4 aromatic carbocycles. The summed E-state index contributed by atoms with van der Waals surface area (Å²) in [5.74, 6) is 0.664. The summed E-state index contributed by atoms with van der Waals surface area (Å²) in [6, 6.07) is 32.3. The Morgan fingerprint density at radius 1 is 0.875 bits per heavy atom. The van der Waals surface area contributed by atoms with Crippen LogP contribution in [0.4, 0.5) is 5.69 Å². The third kappa shape index (κ3) is 4.85. The summed E-state index contributed by atoms with van der Waals surface area (Å²) in [6.07, 6.45) is 1.03. The summed E-state index contributed by atoms with van der Waals surface area (Å²) in [6.45, 7) is 0. The largest absolute Gasteiger partial charge is 0.497 e. The van der Waals surface area contributed by atoms with Crippen LogP contribution >= 0.6 is 15.9 Å². The molecule has 0 bridgehead atoms. The van der Waals surface area contributed by atoms with Gasteiger partial charge in [0.05, 0.1) is 24.2 Å². The van der Waals surface area contributed by atoms with Crippen LogP contribution in [0.5, 0.6) is 5.75 Å². The van der Waals surface area contributed by atoms with Crippen molar-refractivity contribution >= 4 is 21.6 Å². The molecule has 1 aliphatic heterocycles. The van der Waals surface area contributed by atoms with Crippen molar-refractivity contribution in [3.63, 3.8) is 0 Å². The first-order valence-electron chi connectivity index (χ1n) is 12.7. The maximum absolute atomic E-state index is 12.9. The fraction of sp³-hybridized carbons (Fsp3) is 0.129. The molecule has 0 spiro atoms. The van der Waals surface area contributed by atoms with E-state index in [9.17, 15) is 10.1 Å².